The maximum absolute atomic E-state index is 12.4. The average molecular weight is 318 g/mol. The highest BCUT2D eigenvalue weighted by Gasteiger charge is 2.46. The van der Waals surface area contributed by atoms with Gasteiger partial charge in [0, 0.05) is 25.4 Å². The summed E-state index contributed by atoms with van der Waals surface area (Å²) >= 11 is 0. The molecule has 3 rings (SSSR count). The number of aliphatic hydroxyl groups excluding tert-OH is 1. The van der Waals surface area contributed by atoms with E-state index in [4.69, 9.17) is 4.74 Å². The number of piperidine rings is 1. The summed E-state index contributed by atoms with van der Waals surface area (Å²) in [6.07, 6.45) is 2.11. The zero-order valence-electron chi connectivity index (χ0n) is 14.0. The molecule has 1 amide bonds. The lowest BCUT2D eigenvalue weighted by molar-refractivity contribution is -0.137. The minimum Gasteiger partial charge on any atom is -0.390 e. The number of ether oxygens (including phenoxy) is 1. The van der Waals surface area contributed by atoms with Gasteiger partial charge in [0.2, 0.25) is 5.91 Å². The van der Waals surface area contributed by atoms with Crippen molar-refractivity contribution < 1.29 is 14.6 Å². The molecule has 5 heteroatoms. The Morgan fingerprint density at radius 1 is 1.48 bits per heavy atom. The van der Waals surface area contributed by atoms with E-state index >= 15 is 0 Å². The monoisotopic (exact) mass is 318 g/mol. The second kappa shape index (κ2) is 6.59. The number of aryl methyl sites for hydroxylation is 2. The molecule has 2 aliphatic rings. The van der Waals surface area contributed by atoms with Crippen LogP contribution in [0.15, 0.2) is 18.2 Å². The molecule has 1 spiro atoms. The van der Waals surface area contributed by atoms with E-state index in [1.54, 1.807) is 0 Å². The molecule has 1 aromatic rings. The number of aliphatic hydroxyl groups is 1. The summed E-state index contributed by atoms with van der Waals surface area (Å²) in [4.78, 5) is 14.5. The maximum Gasteiger partial charge on any atom is 0.238 e. The van der Waals surface area contributed by atoms with Crippen molar-refractivity contribution in [1.82, 2.24) is 4.90 Å². The molecule has 2 aliphatic heterocycles. The number of hydrogen-bond donors (Lipinski definition) is 2. The summed E-state index contributed by atoms with van der Waals surface area (Å²) in [7, 11) is 0. The van der Waals surface area contributed by atoms with Gasteiger partial charge >= 0.3 is 0 Å². The molecule has 0 bridgehead atoms. The van der Waals surface area contributed by atoms with Crippen molar-refractivity contribution in [2.45, 2.75) is 44.8 Å². The summed E-state index contributed by atoms with van der Waals surface area (Å²) in [6, 6.07) is 6.05. The average Bonchev–Trinajstić information content (AvgIpc) is 2.96. The number of anilines is 1. The summed E-state index contributed by atoms with van der Waals surface area (Å²) in [5, 5.41) is 13.3. The molecule has 5 nitrogen and oxygen atoms in total. The number of hydrogen-bond acceptors (Lipinski definition) is 4. The first-order valence-corrected chi connectivity index (χ1v) is 8.40. The van der Waals surface area contributed by atoms with Crippen LogP contribution in [0.25, 0.3) is 0 Å². The largest absolute Gasteiger partial charge is 0.390 e. The molecule has 23 heavy (non-hydrogen) atoms. The molecular formula is C18H26N2O3. The lowest BCUT2D eigenvalue weighted by Gasteiger charge is -2.42. The standard InChI is InChI=1S/C18H26N2O3/c1-13-4-5-14(2)15(10-13)19-17(22)11-20-8-6-16(21)18(12-20)7-3-9-23-18/h4-5,10,16,21H,3,6-9,11-12H2,1-2H3,(H,19,22)/t16-,18-/m0/s1. The predicted molar refractivity (Wildman–Crippen MR) is 89.5 cm³/mol. The predicted octanol–water partition coefficient (Wildman–Crippen LogP) is 1.86. The highest BCUT2D eigenvalue weighted by atomic mass is 16.5. The molecule has 0 aliphatic carbocycles. The summed E-state index contributed by atoms with van der Waals surface area (Å²) in [5.41, 5.74) is 2.61. The zero-order valence-corrected chi connectivity index (χ0v) is 14.0. The first-order chi connectivity index (χ1) is 11.0. The Morgan fingerprint density at radius 3 is 3.04 bits per heavy atom. The van der Waals surface area contributed by atoms with Crippen LogP contribution in [0.3, 0.4) is 0 Å². The summed E-state index contributed by atoms with van der Waals surface area (Å²) in [5.74, 6) is -0.0109. The van der Waals surface area contributed by atoms with E-state index in [2.05, 4.69) is 10.2 Å². The van der Waals surface area contributed by atoms with Crippen LogP contribution in [0.5, 0.6) is 0 Å². The Labute approximate surface area is 137 Å². The summed E-state index contributed by atoms with van der Waals surface area (Å²) < 4.78 is 5.84. The topological polar surface area (TPSA) is 61.8 Å². The molecule has 2 fully saturated rings. The highest BCUT2D eigenvalue weighted by Crippen LogP contribution is 2.34. The molecular weight excluding hydrogens is 292 g/mol. The third-order valence-corrected chi connectivity index (χ3v) is 4.99. The molecule has 2 N–H and O–H groups in total. The van der Waals surface area contributed by atoms with Crippen LogP contribution in [0.2, 0.25) is 0 Å². The van der Waals surface area contributed by atoms with Crippen LogP contribution in [-0.4, -0.2) is 53.9 Å². The highest BCUT2D eigenvalue weighted by molar-refractivity contribution is 5.93. The molecule has 2 heterocycles. The third-order valence-electron chi connectivity index (χ3n) is 4.99. The van der Waals surface area contributed by atoms with E-state index in [0.717, 1.165) is 36.2 Å². The van der Waals surface area contributed by atoms with Gasteiger partial charge < -0.3 is 15.2 Å². The van der Waals surface area contributed by atoms with Crippen LogP contribution in [0.4, 0.5) is 5.69 Å². The molecule has 0 saturated carbocycles. The number of rotatable bonds is 3. The fourth-order valence-corrected chi connectivity index (χ4v) is 3.64. The molecule has 2 saturated heterocycles. The Morgan fingerprint density at radius 2 is 2.30 bits per heavy atom. The van der Waals surface area contributed by atoms with E-state index in [0.29, 0.717) is 26.1 Å². The van der Waals surface area contributed by atoms with Gasteiger partial charge in [-0.1, -0.05) is 12.1 Å². The number of nitrogens with one attached hydrogen (secondary N) is 1. The Hall–Kier alpha value is -1.43. The normalized spacial score (nSPS) is 28.2. The Kier molecular flexibility index (Phi) is 4.71. The fraction of sp³-hybridized carbons (Fsp3) is 0.611. The van der Waals surface area contributed by atoms with Gasteiger partial charge in [-0.15, -0.1) is 0 Å². The quantitative estimate of drug-likeness (QED) is 0.893. The van der Waals surface area contributed by atoms with Crippen molar-refractivity contribution >= 4 is 11.6 Å². The van der Waals surface area contributed by atoms with Gasteiger partial charge in [-0.2, -0.15) is 0 Å². The van der Waals surface area contributed by atoms with E-state index in [-0.39, 0.29) is 5.91 Å². The number of nitrogens with zero attached hydrogens (tertiary/aromatic N) is 1. The van der Waals surface area contributed by atoms with Gasteiger partial charge in [-0.05, 0) is 50.3 Å². The van der Waals surface area contributed by atoms with Crippen molar-refractivity contribution in [3.05, 3.63) is 29.3 Å². The summed E-state index contributed by atoms with van der Waals surface area (Å²) in [6.45, 7) is 6.42. The fourth-order valence-electron chi connectivity index (χ4n) is 3.64. The van der Waals surface area contributed by atoms with Gasteiger partial charge in [0.25, 0.3) is 0 Å². The first kappa shape index (κ1) is 16.4. The zero-order chi connectivity index (χ0) is 16.4. The van der Waals surface area contributed by atoms with Gasteiger partial charge in [-0.25, -0.2) is 0 Å². The molecule has 126 valence electrons. The number of benzene rings is 1. The lowest BCUT2D eigenvalue weighted by atomic mass is 9.87. The minimum atomic E-state index is -0.461. The van der Waals surface area contributed by atoms with Crippen molar-refractivity contribution in [1.29, 1.82) is 0 Å². The molecule has 0 radical (unpaired) electrons. The molecule has 1 aromatic carbocycles. The van der Waals surface area contributed by atoms with Crippen LogP contribution in [0.1, 0.15) is 30.4 Å². The third kappa shape index (κ3) is 3.57. The van der Waals surface area contributed by atoms with Gasteiger partial charge in [0.15, 0.2) is 0 Å². The smallest absolute Gasteiger partial charge is 0.238 e. The second-order valence-electron chi connectivity index (χ2n) is 6.90. The van der Waals surface area contributed by atoms with Crippen LogP contribution in [0, 0.1) is 13.8 Å². The Balaban J connectivity index is 1.60. The van der Waals surface area contributed by atoms with E-state index in [9.17, 15) is 9.90 Å². The van der Waals surface area contributed by atoms with Crippen LogP contribution < -0.4 is 5.32 Å². The van der Waals surface area contributed by atoms with Crippen LogP contribution >= 0.6 is 0 Å². The van der Waals surface area contributed by atoms with Crippen molar-refractivity contribution in [2.75, 3.05) is 31.6 Å². The lowest BCUT2D eigenvalue weighted by Crippen LogP contribution is -2.57. The van der Waals surface area contributed by atoms with Gasteiger partial charge in [0.05, 0.1) is 12.6 Å². The molecule has 0 aromatic heterocycles. The molecule has 0 unspecified atom stereocenters. The first-order valence-electron chi connectivity index (χ1n) is 8.40. The maximum atomic E-state index is 12.4. The van der Waals surface area contributed by atoms with E-state index < -0.39 is 11.7 Å². The molecule has 2 atom stereocenters. The number of carbonyl (C=O) groups excluding carboxylic acids is 1. The second-order valence-corrected chi connectivity index (χ2v) is 6.90. The minimum absolute atomic E-state index is 0.0109. The van der Waals surface area contributed by atoms with Gasteiger partial charge in [-0.3, -0.25) is 9.69 Å². The van der Waals surface area contributed by atoms with Crippen molar-refractivity contribution in [2.24, 2.45) is 0 Å². The van der Waals surface area contributed by atoms with Gasteiger partial charge in [0.1, 0.15) is 5.60 Å². The number of carbonyl (C=O) groups is 1. The van der Waals surface area contributed by atoms with Crippen molar-refractivity contribution in [3.8, 4) is 0 Å². The SMILES string of the molecule is Cc1ccc(C)c(NC(=O)CN2CC[C@H](O)[C@]3(CCCO3)C2)c1. The Bertz CT molecular complexity index is 582. The number of amides is 1. The van der Waals surface area contributed by atoms with E-state index in [1.165, 1.54) is 0 Å². The van der Waals surface area contributed by atoms with Crippen LogP contribution in [-0.2, 0) is 9.53 Å². The van der Waals surface area contributed by atoms with E-state index in [1.807, 2.05) is 32.0 Å². The number of likely N-dealkylation sites (tertiary alicyclic amines) is 1. The van der Waals surface area contributed by atoms with Crippen molar-refractivity contribution in [3.63, 3.8) is 0 Å².